The van der Waals surface area contributed by atoms with Gasteiger partial charge >= 0.3 is 0 Å². The molecule has 3 rings (SSSR count). The van der Waals surface area contributed by atoms with Crippen LogP contribution in [0.4, 0.5) is 0 Å². The van der Waals surface area contributed by atoms with E-state index in [0.717, 1.165) is 28.6 Å². The summed E-state index contributed by atoms with van der Waals surface area (Å²) in [4.78, 5) is 14.5. The Bertz CT molecular complexity index is 747. The Labute approximate surface area is 160 Å². The molecule has 1 aliphatic carbocycles. The van der Waals surface area contributed by atoms with E-state index >= 15 is 0 Å². The largest absolute Gasteiger partial charge is 0.497 e. The fourth-order valence-corrected chi connectivity index (χ4v) is 3.35. The molecule has 0 unspecified atom stereocenters. The van der Waals surface area contributed by atoms with Crippen molar-refractivity contribution in [2.45, 2.75) is 25.4 Å². The van der Waals surface area contributed by atoms with E-state index in [4.69, 9.17) is 21.1 Å². The standard InChI is InChI=1S/C19H19BrClNO3/c1-24-16-7-2-13(3-8-16)11-22(15-5-6-15)19(23)12-25-18-9-4-14(21)10-17(18)20/h2-4,7-10,15H,5-6,11-12H2,1H3. The molecule has 1 amide bonds. The number of nitrogens with zero attached hydrogens (tertiary/aromatic N) is 1. The first-order valence-corrected chi connectivity index (χ1v) is 9.24. The van der Waals surface area contributed by atoms with Crippen LogP contribution < -0.4 is 9.47 Å². The molecule has 0 atom stereocenters. The maximum absolute atomic E-state index is 12.6. The van der Waals surface area contributed by atoms with Crippen LogP contribution in [0.2, 0.25) is 5.02 Å². The first kappa shape index (κ1) is 18.1. The van der Waals surface area contributed by atoms with Crippen molar-refractivity contribution in [2.24, 2.45) is 0 Å². The Morgan fingerprint density at radius 2 is 1.96 bits per heavy atom. The van der Waals surface area contributed by atoms with Crippen LogP contribution in [0, 0.1) is 0 Å². The van der Waals surface area contributed by atoms with Crippen LogP contribution in [0.5, 0.6) is 11.5 Å². The monoisotopic (exact) mass is 423 g/mol. The summed E-state index contributed by atoms with van der Waals surface area (Å²) in [6.07, 6.45) is 2.10. The molecule has 0 radical (unpaired) electrons. The summed E-state index contributed by atoms with van der Waals surface area (Å²) < 4.78 is 11.6. The molecule has 2 aromatic rings. The van der Waals surface area contributed by atoms with E-state index in [1.165, 1.54) is 0 Å². The molecule has 0 aliphatic heterocycles. The first-order valence-electron chi connectivity index (χ1n) is 8.07. The Morgan fingerprint density at radius 1 is 1.24 bits per heavy atom. The van der Waals surface area contributed by atoms with E-state index in [2.05, 4.69) is 15.9 Å². The number of hydrogen-bond donors (Lipinski definition) is 0. The average Bonchev–Trinajstić information content (AvgIpc) is 3.44. The molecule has 2 aromatic carbocycles. The number of hydrogen-bond acceptors (Lipinski definition) is 3. The lowest BCUT2D eigenvalue weighted by molar-refractivity contribution is -0.134. The van der Waals surface area contributed by atoms with Crippen LogP contribution in [0.25, 0.3) is 0 Å². The predicted molar refractivity (Wildman–Crippen MR) is 101 cm³/mol. The summed E-state index contributed by atoms with van der Waals surface area (Å²) in [5.74, 6) is 1.40. The lowest BCUT2D eigenvalue weighted by Crippen LogP contribution is -2.36. The summed E-state index contributed by atoms with van der Waals surface area (Å²) >= 11 is 9.32. The molecule has 25 heavy (non-hydrogen) atoms. The predicted octanol–water partition coefficient (Wildman–Crippen LogP) is 4.68. The highest BCUT2D eigenvalue weighted by molar-refractivity contribution is 9.10. The number of halogens is 2. The minimum absolute atomic E-state index is 0.00683. The number of carbonyl (C=O) groups is 1. The maximum Gasteiger partial charge on any atom is 0.261 e. The van der Waals surface area contributed by atoms with Gasteiger partial charge in [0.1, 0.15) is 11.5 Å². The van der Waals surface area contributed by atoms with Crippen LogP contribution in [-0.4, -0.2) is 30.6 Å². The number of methoxy groups -OCH3 is 1. The van der Waals surface area contributed by atoms with Crippen molar-refractivity contribution >= 4 is 33.4 Å². The van der Waals surface area contributed by atoms with E-state index in [9.17, 15) is 4.79 Å². The van der Waals surface area contributed by atoms with Gasteiger partial charge < -0.3 is 14.4 Å². The van der Waals surface area contributed by atoms with Gasteiger partial charge in [-0.2, -0.15) is 0 Å². The van der Waals surface area contributed by atoms with Crippen molar-refractivity contribution in [3.8, 4) is 11.5 Å². The minimum Gasteiger partial charge on any atom is -0.497 e. The third kappa shape index (κ3) is 4.89. The van der Waals surface area contributed by atoms with Gasteiger partial charge in [0.15, 0.2) is 6.61 Å². The zero-order chi connectivity index (χ0) is 17.8. The molecule has 132 valence electrons. The minimum atomic E-state index is -0.0137. The topological polar surface area (TPSA) is 38.8 Å². The van der Waals surface area contributed by atoms with Gasteiger partial charge in [0, 0.05) is 17.6 Å². The summed E-state index contributed by atoms with van der Waals surface area (Å²) in [6, 6.07) is 13.3. The second-order valence-electron chi connectivity index (χ2n) is 5.96. The molecule has 6 heteroatoms. The summed E-state index contributed by atoms with van der Waals surface area (Å²) in [5.41, 5.74) is 1.08. The molecule has 1 saturated carbocycles. The smallest absolute Gasteiger partial charge is 0.261 e. The molecular formula is C19H19BrClNO3. The molecular weight excluding hydrogens is 406 g/mol. The van der Waals surface area contributed by atoms with Crippen LogP contribution in [-0.2, 0) is 11.3 Å². The first-order chi connectivity index (χ1) is 12.1. The highest BCUT2D eigenvalue weighted by atomic mass is 79.9. The van der Waals surface area contributed by atoms with Gasteiger partial charge in [0.25, 0.3) is 5.91 Å². The Morgan fingerprint density at radius 3 is 2.56 bits per heavy atom. The van der Waals surface area contributed by atoms with Crippen LogP contribution in [0.3, 0.4) is 0 Å². The Kier molecular flexibility index (Phi) is 5.86. The number of carbonyl (C=O) groups excluding carboxylic acids is 1. The van der Waals surface area contributed by atoms with Crippen LogP contribution in [0.15, 0.2) is 46.9 Å². The van der Waals surface area contributed by atoms with Crippen molar-refractivity contribution in [2.75, 3.05) is 13.7 Å². The van der Waals surface area contributed by atoms with Gasteiger partial charge in [-0.3, -0.25) is 4.79 Å². The summed E-state index contributed by atoms with van der Waals surface area (Å²) in [5, 5.41) is 0.615. The average molecular weight is 425 g/mol. The molecule has 1 fully saturated rings. The molecule has 0 heterocycles. The normalized spacial score (nSPS) is 13.4. The van der Waals surface area contributed by atoms with Crippen molar-refractivity contribution in [3.63, 3.8) is 0 Å². The van der Waals surface area contributed by atoms with E-state index in [-0.39, 0.29) is 12.5 Å². The second kappa shape index (κ2) is 8.11. The third-order valence-corrected chi connectivity index (χ3v) is 4.92. The van der Waals surface area contributed by atoms with Crippen LogP contribution >= 0.6 is 27.5 Å². The summed E-state index contributed by atoms with van der Waals surface area (Å²) in [7, 11) is 1.64. The number of amides is 1. The van der Waals surface area contributed by atoms with Gasteiger partial charge in [-0.1, -0.05) is 23.7 Å². The fourth-order valence-electron chi connectivity index (χ4n) is 2.55. The Hall–Kier alpha value is -1.72. The number of ether oxygens (including phenoxy) is 2. The molecule has 0 N–H and O–H groups in total. The zero-order valence-electron chi connectivity index (χ0n) is 13.9. The summed E-state index contributed by atoms with van der Waals surface area (Å²) in [6.45, 7) is 0.589. The van der Waals surface area contributed by atoms with E-state index in [0.29, 0.717) is 23.4 Å². The Balaban J connectivity index is 1.62. The van der Waals surface area contributed by atoms with Crippen molar-refractivity contribution in [3.05, 3.63) is 57.5 Å². The molecule has 0 bridgehead atoms. The van der Waals surface area contributed by atoms with Crippen molar-refractivity contribution in [1.82, 2.24) is 4.90 Å². The highest BCUT2D eigenvalue weighted by Crippen LogP contribution is 2.30. The van der Waals surface area contributed by atoms with E-state index in [1.54, 1.807) is 25.3 Å². The van der Waals surface area contributed by atoms with E-state index < -0.39 is 0 Å². The molecule has 0 aromatic heterocycles. The van der Waals surface area contributed by atoms with Crippen LogP contribution in [0.1, 0.15) is 18.4 Å². The molecule has 4 nitrogen and oxygen atoms in total. The highest BCUT2D eigenvalue weighted by Gasteiger charge is 2.32. The second-order valence-corrected chi connectivity index (χ2v) is 7.26. The number of rotatable bonds is 7. The van der Waals surface area contributed by atoms with Crippen molar-refractivity contribution in [1.29, 1.82) is 0 Å². The van der Waals surface area contributed by atoms with Gasteiger partial charge in [-0.05, 0) is 64.7 Å². The van der Waals surface area contributed by atoms with Gasteiger partial charge in [0.05, 0.1) is 11.6 Å². The third-order valence-electron chi connectivity index (χ3n) is 4.07. The quantitative estimate of drug-likeness (QED) is 0.648. The molecule has 1 aliphatic rings. The lowest BCUT2D eigenvalue weighted by Gasteiger charge is -2.23. The van der Waals surface area contributed by atoms with Gasteiger partial charge in [-0.25, -0.2) is 0 Å². The zero-order valence-corrected chi connectivity index (χ0v) is 16.2. The fraction of sp³-hybridized carbons (Fsp3) is 0.316. The van der Waals surface area contributed by atoms with Gasteiger partial charge in [-0.15, -0.1) is 0 Å². The molecule has 0 saturated heterocycles. The number of benzene rings is 2. The van der Waals surface area contributed by atoms with E-state index in [1.807, 2.05) is 29.2 Å². The maximum atomic E-state index is 12.6. The SMILES string of the molecule is COc1ccc(CN(C(=O)COc2ccc(Cl)cc2Br)C2CC2)cc1. The van der Waals surface area contributed by atoms with Gasteiger partial charge in [0.2, 0.25) is 0 Å². The lowest BCUT2D eigenvalue weighted by atomic mass is 10.2. The van der Waals surface area contributed by atoms with Crippen molar-refractivity contribution < 1.29 is 14.3 Å². The molecule has 0 spiro atoms.